The van der Waals surface area contributed by atoms with E-state index >= 15 is 0 Å². The molecule has 3 aromatic carbocycles. The first-order chi connectivity index (χ1) is 14.7. The molecule has 1 amide bonds. The summed E-state index contributed by atoms with van der Waals surface area (Å²) in [6, 6.07) is 17.3. The van der Waals surface area contributed by atoms with E-state index in [4.69, 9.17) is 11.6 Å². The van der Waals surface area contributed by atoms with E-state index in [2.05, 4.69) is 10.0 Å². The summed E-state index contributed by atoms with van der Waals surface area (Å²) in [5.74, 6) is -0.331. The first kappa shape index (κ1) is 23.1. The molecule has 5 nitrogen and oxygen atoms in total. The first-order valence-corrected chi connectivity index (χ1v) is 12.3. The summed E-state index contributed by atoms with van der Waals surface area (Å²) in [7, 11) is -3.74. The molecule has 162 valence electrons. The number of halogens is 2. The fourth-order valence-corrected chi connectivity index (χ4v) is 4.89. The zero-order valence-corrected chi connectivity index (χ0v) is 19.0. The maximum absolute atomic E-state index is 13.8. The topological polar surface area (TPSA) is 75.3 Å². The summed E-state index contributed by atoms with van der Waals surface area (Å²) in [5, 5.41) is 3.01. The van der Waals surface area contributed by atoms with Crippen LogP contribution in [0.4, 0.5) is 15.8 Å². The minimum Gasteiger partial charge on any atom is -0.325 e. The second kappa shape index (κ2) is 10.2. The Balaban J connectivity index is 1.54. The van der Waals surface area contributed by atoms with Crippen LogP contribution in [0.2, 0.25) is 5.02 Å². The highest BCUT2D eigenvalue weighted by Gasteiger charge is 2.14. The molecule has 2 N–H and O–H groups in total. The molecule has 0 heterocycles. The summed E-state index contributed by atoms with van der Waals surface area (Å²) in [6.07, 6.45) is 0. The lowest BCUT2D eigenvalue weighted by Crippen LogP contribution is -2.15. The summed E-state index contributed by atoms with van der Waals surface area (Å²) in [6.45, 7) is 1.92. The van der Waals surface area contributed by atoms with Crippen molar-refractivity contribution < 1.29 is 17.6 Å². The third kappa shape index (κ3) is 6.46. The Morgan fingerprint density at radius 1 is 1.00 bits per heavy atom. The number of thioether (sulfide) groups is 1. The van der Waals surface area contributed by atoms with E-state index in [-0.39, 0.29) is 22.3 Å². The molecular formula is C22H20ClFN2O3S2. The number of hydrogen-bond acceptors (Lipinski definition) is 4. The Bertz CT molecular complexity index is 1150. The van der Waals surface area contributed by atoms with E-state index in [1.807, 2.05) is 19.1 Å². The summed E-state index contributed by atoms with van der Waals surface area (Å²) < 4.78 is 41.3. The average molecular weight is 479 g/mol. The van der Waals surface area contributed by atoms with E-state index < -0.39 is 15.8 Å². The lowest BCUT2D eigenvalue weighted by Gasteiger charge is -2.10. The zero-order chi connectivity index (χ0) is 22.4. The number of sulfonamides is 1. The van der Waals surface area contributed by atoms with Gasteiger partial charge in [0.2, 0.25) is 5.91 Å². The van der Waals surface area contributed by atoms with Crippen molar-refractivity contribution in [3.05, 3.63) is 88.7 Å². The third-order valence-corrected chi connectivity index (χ3v) is 7.00. The largest absolute Gasteiger partial charge is 0.325 e. The molecule has 0 aromatic heterocycles. The fourth-order valence-electron chi connectivity index (χ4n) is 2.67. The maximum atomic E-state index is 13.8. The van der Waals surface area contributed by atoms with Gasteiger partial charge in [0.05, 0.1) is 10.6 Å². The van der Waals surface area contributed by atoms with E-state index in [1.54, 1.807) is 18.2 Å². The number of carbonyl (C=O) groups excluding carboxylic acids is 1. The third-order valence-electron chi connectivity index (χ3n) is 4.29. The van der Waals surface area contributed by atoms with Crippen LogP contribution in [-0.2, 0) is 20.6 Å². The molecule has 3 rings (SSSR count). The minimum atomic E-state index is -3.74. The Morgan fingerprint density at radius 2 is 1.65 bits per heavy atom. The van der Waals surface area contributed by atoms with Gasteiger partial charge in [-0.05, 0) is 55.5 Å². The van der Waals surface area contributed by atoms with Crippen LogP contribution in [0.3, 0.4) is 0 Å². The van der Waals surface area contributed by atoms with E-state index in [0.29, 0.717) is 22.0 Å². The molecule has 0 saturated heterocycles. The molecule has 0 unspecified atom stereocenters. The molecule has 0 saturated carbocycles. The van der Waals surface area contributed by atoms with Gasteiger partial charge < -0.3 is 5.32 Å². The van der Waals surface area contributed by atoms with Crippen LogP contribution in [0.15, 0.2) is 71.6 Å². The van der Waals surface area contributed by atoms with Crippen LogP contribution >= 0.6 is 23.4 Å². The number of anilines is 2. The molecule has 0 bridgehead atoms. The summed E-state index contributed by atoms with van der Waals surface area (Å²) >= 11 is 7.21. The van der Waals surface area contributed by atoms with E-state index in [1.165, 1.54) is 48.2 Å². The van der Waals surface area contributed by atoms with Gasteiger partial charge in [-0.2, -0.15) is 0 Å². The van der Waals surface area contributed by atoms with E-state index in [9.17, 15) is 17.6 Å². The van der Waals surface area contributed by atoms with Crippen LogP contribution in [-0.4, -0.2) is 20.1 Å². The van der Waals surface area contributed by atoms with Crippen LogP contribution in [0.25, 0.3) is 0 Å². The van der Waals surface area contributed by atoms with Gasteiger partial charge in [-0.1, -0.05) is 35.4 Å². The quantitative estimate of drug-likeness (QED) is 0.450. The molecule has 0 aliphatic rings. The van der Waals surface area contributed by atoms with Crippen molar-refractivity contribution in [1.29, 1.82) is 0 Å². The van der Waals surface area contributed by atoms with Crippen LogP contribution in [0, 0.1) is 12.7 Å². The van der Waals surface area contributed by atoms with Gasteiger partial charge in [0.25, 0.3) is 10.0 Å². The fraction of sp³-hybridized carbons (Fsp3) is 0.136. The zero-order valence-electron chi connectivity index (χ0n) is 16.6. The SMILES string of the molecule is Cc1ccc(NS(=O)(=O)c2ccc(NC(=O)CSCc3c(F)cccc3Cl)cc2)cc1. The first-order valence-electron chi connectivity index (χ1n) is 9.24. The van der Waals surface area contributed by atoms with Crippen LogP contribution in [0.5, 0.6) is 0 Å². The number of rotatable bonds is 8. The van der Waals surface area contributed by atoms with Crippen molar-refractivity contribution in [3.63, 3.8) is 0 Å². The number of hydrogen-bond donors (Lipinski definition) is 2. The second-order valence-electron chi connectivity index (χ2n) is 6.74. The molecule has 0 atom stereocenters. The average Bonchev–Trinajstić information content (AvgIpc) is 2.72. The van der Waals surface area contributed by atoms with Crippen molar-refractivity contribution >= 4 is 50.7 Å². The van der Waals surface area contributed by atoms with Crippen molar-refractivity contribution in [3.8, 4) is 0 Å². The monoisotopic (exact) mass is 478 g/mol. The number of amides is 1. The van der Waals surface area contributed by atoms with Crippen molar-refractivity contribution in [2.45, 2.75) is 17.6 Å². The number of benzene rings is 3. The van der Waals surface area contributed by atoms with Gasteiger partial charge in [0, 0.05) is 27.7 Å². The molecule has 31 heavy (non-hydrogen) atoms. The number of aryl methyl sites for hydroxylation is 1. The van der Waals surface area contributed by atoms with Gasteiger partial charge in [0.1, 0.15) is 5.82 Å². The Morgan fingerprint density at radius 3 is 2.29 bits per heavy atom. The Hall–Kier alpha value is -2.55. The molecule has 0 radical (unpaired) electrons. The van der Waals surface area contributed by atoms with Crippen molar-refractivity contribution in [2.24, 2.45) is 0 Å². The number of carbonyl (C=O) groups is 1. The van der Waals surface area contributed by atoms with Crippen molar-refractivity contribution in [2.75, 3.05) is 15.8 Å². The highest BCUT2D eigenvalue weighted by molar-refractivity contribution is 7.99. The van der Waals surface area contributed by atoms with Gasteiger partial charge in [-0.25, -0.2) is 12.8 Å². The van der Waals surface area contributed by atoms with Gasteiger partial charge in [-0.15, -0.1) is 11.8 Å². The predicted molar refractivity (Wildman–Crippen MR) is 125 cm³/mol. The molecular weight excluding hydrogens is 459 g/mol. The number of nitrogens with one attached hydrogen (secondary N) is 2. The predicted octanol–water partition coefficient (Wildman–Crippen LogP) is 5.46. The standard InChI is InChI=1S/C22H20ClFN2O3S2/c1-15-5-7-17(8-6-15)26-31(28,29)18-11-9-16(10-12-18)25-22(27)14-30-13-19-20(23)3-2-4-21(19)24/h2-12,26H,13-14H2,1H3,(H,25,27). The Labute approximate surface area is 190 Å². The normalized spacial score (nSPS) is 11.2. The maximum Gasteiger partial charge on any atom is 0.261 e. The molecule has 0 aliphatic carbocycles. The van der Waals surface area contributed by atoms with E-state index in [0.717, 1.165) is 5.56 Å². The summed E-state index contributed by atoms with van der Waals surface area (Å²) in [5.41, 5.74) is 2.31. The Kier molecular flexibility index (Phi) is 7.59. The van der Waals surface area contributed by atoms with Gasteiger partial charge in [-0.3, -0.25) is 9.52 Å². The van der Waals surface area contributed by atoms with Crippen LogP contribution in [0.1, 0.15) is 11.1 Å². The molecule has 0 spiro atoms. The minimum absolute atomic E-state index is 0.0784. The lowest BCUT2D eigenvalue weighted by atomic mass is 10.2. The molecule has 9 heteroatoms. The van der Waals surface area contributed by atoms with Crippen molar-refractivity contribution in [1.82, 2.24) is 0 Å². The van der Waals surface area contributed by atoms with Gasteiger partial charge in [0.15, 0.2) is 0 Å². The summed E-state index contributed by atoms with van der Waals surface area (Å²) in [4.78, 5) is 12.2. The molecule has 0 fully saturated rings. The molecule has 3 aromatic rings. The van der Waals surface area contributed by atoms with Gasteiger partial charge >= 0.3 is 0 Å². The smallest absolute Gasteiger partial charge is 0.261 e. The lowest BCUT2D eigenvalue weighted by molar-refractivity contribution is -0.113. The highest BCUT2D eigenvalue weighted by Crippen LogP contribution is 2.24. The van der Waals surface area contributed by atoms with Crippen LogP contribution < -0.4 is 10.0 Å². The highest BCUT2D eigenvalue weighted by atomic mass is 35.5. The second-order valence-corrected chi connectivity index (χ2v) is 9.81. The molecule has 0 aliphatic heterocycles.